The van der Waals surface area contributed by atoms with Gasteiger partial charge in [0.15, 0.2) is 0 Å². The molecule has 1 amide bonds. The summed E-state index contributed by atoms with van der Waals surface area (Å²) >= 11 is 0. The first kappa shape index (κ1) is 35.9. The van der Waals surface area contributed by atoms with Crippen molar-refractivity contribution < 1.29 is 4.79 Å². The van der Waals surface area contributed by atoms with Crippen LogP contribution in [0.1, 0.15) is 126 Å². The van der Waals surface area contributed by atoms with Crippen molar-refractivity contribution in [2.24, 2.45) is 4.99 Å². The topological polar surface area (TPSA) is 41.5 Å². The summed E-state index contributed by atoms with van der Waals surface area (Å²) in [6.45, 7) is 2.28. The molecule has 3 aromatic rings. The Morgan fingerprint density at radius 2 is 1.13 bits per heavy atom. The highest BCUT2D eigenvalue weighted by atomic mass is 16.1. The van der Waals surface area contributed by atoms with Crippen molar-refractivity contribution in [3.63, 3.8) is 0 Å². The highest BCUT2D eigenvalue weighted by molar-refractivity contribution is 6.07. The molecule has 1 aliphatic rings. The molecular formula is C44H56N2O. The number of unbranched alkanes of at least 4 members (excludes halogenated alkanes) is 14. The maximum atomic E-state index is 12.4. The van der Waals surface area contributed by atoms with Crippen LogP contribution in [0.3, 0.4) is 0 Å². The van der Waals surface area contributed by atoms with E-state index >= 15 is 0 Å². The van der Waals surface area contributed by atoms with E-state index in [-0.39, 0.29) is 5.91 Å². The van der Waals surface area contributed by atoms with Gasteiger partial charge in [-0.3, -0.25) is 4.79 Å². The van der Waals surface area contributed by atoms with Gasteiger partial charge in [-0.2, -0.15) is 0 Å². The van der Waals surface area contributed by atoms with Gasteiger partial charge >= 0.3 is 0 Å². The standard InChI is InChI=1S/C44H56N2O/c1-2-3-4-5-6-7-8-9-10-11-12-13-14-15-19-22-44(47)46-43-33-27-40(28-34-43)36-39-25-31-42(32-26-39)45-41-29-23-38(24-30-41)35-37-20-17-16-18-21-37/h16-18,20-21,23-34,36H,2-15,19,22,35H2,1H3,(H,46,47). The van der Waals surface area contributed by atoms with E-state index in [1.807, 2.05) is 18.2 Å². The number of nitrogens with one attached hydrogen (secondary N) is 1. The van der Waals surface area contributed by atoms with Gasteiger partial charge in [0, 0.05) is 12.1 Å². The third-order valence-corrected chi connectivity index (χ3v) is 8.87. The van der Waals surface area contributed by atoms with E-state index in [1.54, 1.807) is 0 Å². The summed E-state index contributed by atoms with van der Waals surface area (Å²) in [4.78, 5) is 17.2. The second kappa shape index (κ2) is 21.7. The maximum absolute atomic E-state index is 12.4. The molecule has 1 aliphatic carbocycles. The van der Waals surface area contributed by atoms with E-state index in [0.717, 1.165) is 47.5 Å². The minimum atomic E-state index is 0.113. The van der Waals surface area contributed by atoms with Crippen molar-refractivity contribution in [1.29, 1.82) is 0 Å². The number of hydrogen-bond donors (Lipinski definition) is 1. The molecular weight excluding hydrogens is 572 g/mol. The van der Waals surface area contributed by atoms with Crippen LogP contribution in [-0.2, 0) is 11.2 Å². The van der Waals surface area contributed by atoms with Crippen LogP contribution in [0.25, 0.3) is 6.08 Å². The van der Waals surface area contributed by atoms with Gasteiger partial charge in [0.1, 0.15) is 0 Å². The van der Waals surface area contributed by atoms with Crippen LogP contribution in [0, 0.1) is 0 Å². The van der Waals surface area contributed by atoms with Gasteiger partial charge in [-0.25, -0.2) is 4.99 Å². The largest absolute Gasteiger partial charge is 0.326 e. The lowest BCUT2D eigenvalue weighted by Gasteiger charge is -2.07. The highest BCUT2D eigenvalue weighted by Gasteiger charge is 2.04. The van der Waals surface area contributed by atoms with Crippen molar-refractivity contribution in [2.45, 2.75) is 116 Å². The highest BCUT2D eigenvalue weighted by Crippen LogP contribution is 2.20. The Bertz CT molecular complexity index is 1410. The van der Waals surface area contributed by atoms with Gasteiger partial charge in [-0.15, -0.1) is 0 Å². The smallest absolute Gasteiger partial charge is 0.224 e. The number of nitrogens with zero attached hydrogens (tertiary/aromatic N) is 1. The zero-order valence-corrected chi connectivity index (χ0v) is 28.8. The summed E-state index contributed by atoms with van der Waals surface area (Å²) in [6.07, 6.45) is 32.0. The SMILES string of the molecule is CCCCCCCCCCCCCCCCCC(=O)Nc1ccc(C=C2C=CC(=Nc3ccc(Cc4ccccc4)cc3)C=C2)cc1. The van der Waals surface area contributed by atoms with Crippen LogP contribution in [0.4, 0.5) is 11.4 Å². The Morgan fingerprint density at radius 1 is 0.596 bits per heavy atom. The van der Waals surface area contributed by atoms with Crippen LogP contribution in [0.2, 0.25) is 0 Å². The van der Waals surface area contributed by atoms with Crippen molar-refractivity contribution in [1.82, 2.24) is 0 Å². The quantitative estimate of drug-likeness (QED) is 0.117. The lowest BCUT2D eigenvalue weighted by molar-refractivity contribution is -0.116. The Kier molecular flexibility index (Phi) is 16.6. The van der Waals surface area contributed by atoms with Gasteiger partial charge in [0.25, 0.3) is 0 Å². The molecule has 248 valence electrons. The summed E-state index contributed by atoms with van der Waals surface area (Å²) in [5, 5.41) is 3.06. The summed E-state index contributed by atoms with van der Waals surface area (Å²) < 4.78 is 0. The minimum Gasteiger partial charge on any atom is -0.326 e. The fraction of sp³-hybridized carbons (Fsp3) is 0.409. The first-order valence-corrected chi connectivity index (χ1v) is 18.4. The number of allylic oxidation sites excluding steroid dienone is 5. The van der Waals surface area contributed by atoms with Crippen LogP contribution in [0.15, 0.2) is 114 Å². The first-order chi connectivity index (χ1) is 23.2. The second-order valence-electron chi connectivity index (χ2n) is 13.0. The van der Waals surface area contributed by atoms with Gasteiger partial charge in [0.2, 0.25) is 5.91 Å². The summed E-state index contributed by atoms with van der Waals surface area (Å²) in [7, 11) is 0. The zero-order chi connectivity index (χ0) is 32.8. The van der Waals surface area contributed by atoms with Crippen molar-refractivity contribution >= 4 is 29.1 Å². The number of carbonyl (C=O) groups excluding carboxylic acids is 1. The lowest BCUT2D eigenvalue weighted by atomic mass is 10.0. The molecule has 0 radical (unpaired) electrons. The maximum Gasteiger partial charge on any atom is 0.224 e. The molecule has 3 aromatic carbocycles. The number of carbonyl (C=O) groups is 1. The predicted molar refractivity (Wildman–Crippen MR) is 204 cm³/mol. The molecule has 0 unspecified atom stereocenters. The van der Waals surface area contributed by atoms with Crippen LogP contribution in [0.5, 0.6) is 0 Å². The molecule has 1 N–H and O–H groups in total. The Morgan fingerprint density at radius 3 is 1.70 bits per heavy atom. The average molecular weight is 629 g/mol. The van der Waals surface area contributed by atoms with Crippen molar-refractivity contribution in [2.75, 3.05) is 5.32 Å². The van der Waals surface area contributed by atoms with Gasteiger partial charge in [-0.05, 0) is 77.6 Å². The third kappa shape index (κ3) is 15.0. The predicted octanol–water partition coefficient (Wildman–Crippen LogP) is 12.8. The van der Waals surface area contributed by atoms with E-state index in [0.29, 0.717) is 6.42 Å². The molecule has 4 rings (SSSR count). The lowest BCUT2D eigenvalue weighted by Crippen LogP contribution is -2.10. The van der Waals surface area contributed by atoms with Crippen LogP contribution >= 0.6 is 0 Å². The van der Waals surface area contributed by atoms with Gasteiger partial charge in [0.05, 0.1) is 11.4 Å². The molecule has 0 aliphatic heterocycles. The Balaban J connectivity index is 1.06. The molecule has 0 aromatic heterocycles. The van der Waals surface area contributed by atoms with Crippen LogP contribution < -0.4 is 5.32 Å². The molecule has 0 saturated heterocycles. The van der Waals surface area contributed by atoms with Gasteiger partial charge in [-0.1, -0.05) is 164 Å². The van der Waals surface area contributed by atoms with E-state index in [2.05, 4.69) is 103 Å². The summed E-state index contributed by atoms with van der Waals surface area (Å²) in [5.41, 5.74) is 7.56. The Labute approximate surface area is 285 Å². The number of aliphatic imine (C=N–C) groups is 1. The third-order valence-electron chi connectivity index (χ3n) is 8.87. The van der Waals surface area contributed by atoms with Crippen molar-refractivity contribution in [3.05, 3.63) is 125 Å². The van der Waals surface area contributed by atoms with Crippen LogP contribution in [-0.4, -0.2) is 11.6 Å². The average Bonchev–Trinajstić information content (AvgIpc) is 3.09. The molecule has 0 spiro atoms. The molecule has 0 bridgehead atoms. The molecule has 3 heteroatoms. The fourth-order valence-electron chi connectivity index (χ4n) is 6.05. The Hall–Kier alpha value is -3.98. The minimum absolute atomic E-state index is 0.113. The normalized spacial score (nSPS) is 12.4. The van der Waals surface area contributed by atoms with E-state index in [9.17, 15) is 4.79 Å². The number of amides is 1. The molecule has 3 nitrogen and oxygen atoms in total. The van der Waals surface area contributed by atoms with Crippen molar-refractivity contribution in [3.8, 4) is 0 Å². The molecule has 0 atom stereocenters. The number of hydrogen-bond acceptors (Lipinski definition) is 2. The number of anilines is 1. The first-order valence-electron chi connectivity index (χ1n) is 18.4. The summed E-state index contributed by atoms with van der Waals surface area (Å²) in [5.74, 6) is 0.113. The van der Waals surface area contributed by atoms with E-state index < -0.39 is 0 Å². The summed E-state index contributed by atoms with van der Waals surface area (Å²) in [6, 6.07) is 27.1. The molecule has 47 heavy (non-hydrogen) atoms. The number of benzene rings is 3. The molecule has 0 saturated carbocycles. The fourth-order valence-corrected chi connectivity index (χ4v) is 6.05. The number of rotatable bonds is 21. The molecule has 0 fully saturated rings. The monoisotopic (exact) mass is 628 g/mol. The van der Waals surface area contributed by atoms with E-state index in [1.165, 1.54) is 94.6 Å². The van der Waals surface area contributed by atoms with E-state index in [4.69, 9.17) is 4.99 Å². The molecule has 0 heterocycles. The second-order valence-corrected chi connectivity index (χ2v) is 13.0. The van der Waals surface area contributed by atoms with Gasteiger partial charge < -0.3 is 5.32 Å². The zero-order valence-electron chi connectivity index (χ0n) is 28.8.